The van der Waals surface area contributed by atoms with E-state index in [0.717, 1.165) is 11.1 Å². The number of amides is 1. The third kappa shape index (κ3) is 5.16. The molecule has 2 unspecified atom stereocenters. The van der Waals surface area contributed by atoms with Gasteiger partial charge in [0.2, 0.25) is 0 Å². The third-order valence-electron chi connectivity index (χ3n) is 4.69. The number of carbonyl (C=O) groups excluding carboxylic acids is 1. The summed E-state index contributed by atoms with van der Waals surface area (Å²) in [5.74, 6) is 1.86. The number of rotatable bonds is 8. The molecule has 0 saturated carbocycles. The van der Waals surface area contributed by atoms with E-state index in [1.807, 2.05) is 64.1 Å². The molecule has 5 heteroatoms. The van der Waals surface area contributed by atoms with Crippen LogP contribution in [0.1, 0.15) is 43.0 Å². The Kier molecular flexibility index (Phi) is 7.11. The Morgan fingerprint density at radius 1 is 1.00 bits per heavy atom. The molecule has 0 saturated heterocycles. The number of carbonyl (C=O) groups is 1. The molecule has 0 heterocycles. The van der Waals surface area contributed by atoms with Crippen molar-refractivity contribution in [2.45, 2.75) is 46.3 Å². The van der Waals surface area contributed by atoms with Crippen LogP contribution < -0.4 is 19.5 Å². The van der Waals surface area contributed by atoms with Gasteiger partial charge in [0, 0.05) is 0 Å². The zero-order valence-electron chi connectivity index (χ0n) is 17.0. The fraction of sp³-hybridized carbons (Fsp3) is 0.409. The van der Waals surface area contributed by atoms with E-state index in [1.165, 1.54) is 5.56 Å². The van der Waals surface area contributed by atoms with Crippen molar-refractivity contribution in [2.75, 3.05) is 14.2 Å². The highest BCUT2D eigenvalue weighted by Crippen LogP contribution is 2.30. The van der Waals surface area contributed by atoms with Crippen molar-refractivity contribution in [2.24, 2.45) is 0 Å². The minimum Gasteiger partial charge on any atom is -0.493 e. The summed E-state index contributed by atoms with van der Waals surface area (Å²) in [4.78, 5) is 12.7. The Hall–Kier alpha value is -2.69. The average molecular weight is 371 g/mol. The highest BCUT2D eigenvalue weighted by Gasteiger charge is 2.21. The van der Waals surface area contributed by atoms with Gasteiger partial charge >= 0.3 is 0 Å². The van der Waals surface area contributed by atoms with Crippen molar-refractivity contribution >= 4 is 5.91 Å². The number of benzene rings is 2. The number of aryl methyl sites for hydroxylation is 2. The smallest absolute Gasteiger partial charge is 0.261 e. The highest BCUT2D eigenvalue weighted by atomic mass is 16.5. The summed E-state index contributed by atoms with van der Waals surface area (Å²) in [7, 11) is 3.19. The summed E-state index contributed by atoms with van der Waals surface area (Å²) in [6.07, 6.45) is 0.0342. The second kappa shape index (κ2) is 9.31. The van der Waals surface area contributed by atoms with Crippen molar-refractivity contribution in [3.05, 3.63) is 53.1 Å². The SMILES string of the molecule is CCC(Oc1ccc(C)c(C)c1)C(=O)NC(C)c1ccc(OC)c(OC)c1. The van der Waals surface area contributed by atoms with E-state index >= 15 is 0 Å². The monoisotopic (exact) mass is 371 g/mol. The molecule has 0 fully saturated rings. The lowest BCUT2D eigenvalue weighted by molar-refractivity contribution is -0.128. The van der Waals surface area contributed by atoms with Crippen molar-refractivity contribution < 1.29 is 19.0 Å². The maximum Gasteiger partial charge on any atom is 0.261 e. The fourth-order valence-electron chi connectivity index (χ4n) is 2.79. The molecule has 2 atom stereocenters. The molecule has 27 heavy (non-hydrogen) atoms. The van der Waals surface area contributed by atoms with Crippen LogP contribution in [-0.4, -0.2) is 26.2 Å². The third-order valence-corrected chi connectivity index (χ3v) is 4.69. The minimum atomic E-state index is -0.547. The molecule has 5 nitrogen and oxygen atoms in total. The molecule has 0 aliphatic rings. The zero-order chi connectivity index (χ0) is 20.0. The maximum atomic E-state index is 12.7. The van der Waals surface area contributed by atoms with Crippen molar-refractivity contribution in [1.29, 1.82) is 0 Å². The predicted octanol–water partition coefficient (Wildman–Crippen LogP) is 4.36. The standard InChI is InChI=1S/C22H29NO4/c1-7-19(27-18-10-8-14(2)15(3)12-18)22(24)23-16(4)17-9-11-20(25-5)21(13-17)26-6/h8-13,16,19H,7H2,1-6H3,(H,23,24). The summed E-state index contributed by atoms with van der Waals surface area (Å²) < 4.78 is 16.5. The van der Waals surface area contributed by atoms with Gasteiger partial charge in [0.1, 0.15) is 5.75 Å². The van der Waals surface area contributed by atoms with E-state index in [4.69, 9.17) is 14.2 Å². The van der Waals surface area contributed by atoms with Crippen molar-refractivity contribution in [1.82, 2.24) is 5.32 Å². The second-order valence-electron chi connectivity index (χ2n) is 6.61. The quantitative estimate of drug-likeness (QED) is 0.749. The Morgan fingerprint density at radius 3 is 2.30 bits per heavy atom. The van der Waals surface area contributed by atoms with Crippen LogP contribution in [0.4, 0.5) is 0 Å². The molecular weight excluding hydrogens is 342 g/mol. The van der Waals surface area contributed by atoms with Crippen LogP contribution in [0.5, 0.6) is 17.2 Å². The normalized spacial score (nSPS) is 12.8. The van der Waals surface area contributed by atoms with Crippen LogP contribution in [0, 0.1) is 13.8 Å². The number of hydrogen-bond donors (Lipinski definition) is 1. The molecule has 2 aromatic rings. The molecule has 1 N–H and O–H groups in total. The van der Waals surface area contributed by atoms with Gasteiger partial charge in [-0.1, -0.05) is 19.1 Å². The van der Waals surface area contributed by atoms with Gasteiger partial charge < -0.3 is 19.5 Å². The van der Waals surface area contributed by atoms with E-state index in [1.54, 1.807) is 14.2 Å². The Bertz CT molecular complexity index is 788. The number of hydrogen-bond acceptors (Lipinski definition) is 4. The largest absolute Gasteiger partial charge is 0.493 e. The van der Waals surface area contributed by atoms with E-state index < -0.39 is 6.10 Å². The molecule has 0 radical (unpaired) electrons. The maximum absolute atomic E-state index is 12.7. The first kappa shape index (κ1) is 20.6. The average Bonchev–Trinajstić information content (AvgIpc) is 2.67. The van der Waals surface area contributed by atoms with E-state index in [-0.39, 0.29) is 11.9 Å². The summed E-state index contributed by atoms with van der Waals surface area (Å²) in [5, 5.41) is 3.02. The van der Waals surface area contributed by atoms with Crippen LogP contribution in [0.15, 0.2) is 36.4 Å². The molecule has 1 amide bonds. The number of nitrogens with one attached hydrogen (secondary N) is 1. The molecule has 0 bridgehead atoms. The Labute approximate surface area is 161 Å². The second-order valence-corrected chi connectivity index (χ2v) is 6.61. The molecule has 0 aliphatic carbocycles. The fourth-order valence-corrected chi connectivity index (χ4v) is 2.79. The first-order valence-electron chi connectivity index (χ1n) is 9.15. The van der Waals surface area contributed by atoms with E-state index in [9.17, 15) is 4.79 Å². The van der Waals surface area contributed by atoms with E-state index in [0.29, 0.717) is 23.7 Å². The molecule has 2 aromatic carbocycles. The molecule has 0 spiro atoms. The molecule has 0 aromatic heterocycles. The van der Waals surface area contributed by atoms with Gasteiger partial charge in [0.05, 0.1) is 20.3 Å². The lowest BCUT2D eigenvalue weighted by Crippen LogP contribution is -2.39. The Balaban J connectivity index is 2.07. The molecular formula is C22H29NO4. The highest BCUT2D eigenvalue weighted by molar-refractivity contribution is 5.81. The summed E-state index contributed by atoms with van der Waals surface area (Å²) in [6.45, 7) is 7.95. The van der Waals surface area contributed by atoms with Crippen LogP contribution in [0.3, 0.4) is 0 Å². The Morgan fingerprint density at radius 2 is 1.70 bits per heavy atom. The van der Waals surface area contributed by atoms with E-state index in [2.05, 4.69) is 5.32 Å². The van der Waals surface area contributed by atoms with Gasteiger partial charge in [0.25, 0.3) is 5.91 Å². The van der Waals surface area contributed by atoms with Crippen LogP contribution in [0.2, 0.25) is 0 Å². The van der Waals surface area contributed by atoms with Gasteiger partial charge in [-0.15, -0.1) is 0 Å². The van der Waals surface area contributed by atoms with Gasteiger partial charge in [0.15, 0.2) is 17.6 Å². The van der Waals surface area contributed by atoms with Crippen molar-refractivity contribution in [3.8, 4) is 17.2 Å². The van der Waals surface area contributed by atoms with Gasteiger partial charge in [-0.2, -0.15) is 0 Å². The number of methoxy groups -OCH3 is 2. The molecule has 146 valence electrons. The topological polar surface area (TPSA) is 56.8 Å². The summed E-state index contributed by atoms with van der Waals surface area (Å²) in [5.41, 5.74) is 3.27. The van der Waals surface area contributed by atoms with Crippen LogP contribution in [-0.2, 0) is 4.79 Å². The summed E-state index contributed by atoms with van der Waals surface area (Å²) in [6, 6.07) is 11.3. The summed E-state index contributed by atoms with van der Waals surface area (Å²) >= 11 is 0. The molecule has 0 aliphatic heterocycles. The first-order chi connectivity index (χ1) is 12.9. The van der Waals surface area contributed by atoms with Crippen molar-refractivity contribution in [3.63, 3.8) is 0 Å². The zero-order valence-corrected chi connectivity index (χ0v) is 17.0. The van der Waals surface area contributed by atoms with Crippen LogP contribution >= 0.6 is 0 Å². The van der Waals surface area contributed by atoms with Gasteiger partial charge in [-0.05, 0) is 68.1 Å². The first-order valence-corrected chi connectivity index (χ1v) is 9.15. The lowest BCUT2D eigenvalue weighted by Gasteiger charge is -2.21. The van der Waals surface area contributed by atoms with Crippen LogP contribution in [0.25, 0.3) is 0 Å². The lowest BCUT2D eigenvalue weighted by atomic mass is 10.1. The van der Waals surface area contributed by atoms with Gasteiger partial charge in [-0.25, -0.2) is 0 Å². The minimum absolute atomic E-state index is 0.141. The number of ether oxygens (including phenoxy) is 3. The molecule has 2 rings (SSSR count). The van der Waals surface area contributed by atoms with Gasteiger partial charge in [-0.3, -0.25) is 4.79 Å². The predicted molar refractivity (Wildman–Crippen MR) is 107 cm³/mol.